The van der Waals surface area contributed by atoms with E-state index in [-0.39, 0.29) is 12.5 Å². The maximum atomic E-state index is 12.2. The molecule has 1 unspecified atom stereocenters. The van der Waals surface area contributed by atoms with Crippen molar-refractivity contribution < 1.29 is 14.3 Å². The summed E-state index contributed by atoms with van der Waals surface area (Å²) in [6.07, 6.45) is 3.63. The molecule has 0 aromatic carbocycles. The van der Waals surface area contributed by atoms with Gasteiger partial charge in [-0.1, -0.05) is 0 Å². The van der Waals surface area contributed by atoms with Crippen molar-refractivity contribution in [3.63, 3.8) is 0 Å². The molecule has 0 radical (unpaired) electrons. The lowest BCUT2D eigenvalue weighted by atomic mass is 10.1. The van der Waals surface area contributed by atoms with Gasteiger partial charge in [0.25, 0.3) is 5.91 Å². The van der Waals surface area contributed by atoms with Crippen LogP contribution in [0.5, 0.6) is 0 Å². The van der Waals surface area contributed by atoms with Crippen LogP contribution in [0, 0.1) is 6.92 Å². The lowest BCUT2D eigenvalue weighted by Crippen LogP contribution is -2.43. The van der Waals surface area contributed by atoms with E-state index in [1.165, 1.54) is 11.5 Å². The zero-order valence-corrected chi connectivity index (χ0v) is 13.2. The summed E-state index contributed by atoms with van der Waals surface area (Å²) in [5.41, 5.74) is 1.20. The summed E-state index contributed by atoms with van der Waals surface area (Å²) in [7, 11) is 0. The standard InChI is InChI=1S/C15H17N3O3S/c1-3-21-15(20)13(9-11-4-6-16-7-5-11)17-14(19)12-8-10(2)22-18-12/h4-8,13H,3,9H2,1-2H3,(H,17,19). The number of carbonyl (C=O) groups is 2. The Hall–Kier alpha value is -2.28. The molecule has 0 aliphatic rings. The molecule has 2 aromatic rings. The van der Waals surface area contributed by atoms with Crippen LogP contribution in [-0.4, -0.2) is 33.9 Å². The zero-order chi connectivity index (χ0) is 15.9. The minimum absolute atomic E-state index is 0.261. The van der Waals surface area contributed by atoms with Gasteiger partial charge in [-0.05, 0) is 49.1 Å². The van der Waals surface area contributed by atoms with E-state index in [9.17, 15) is 9.59 Å². The highest BCUT2D eigenvalue weighted by molar-refractivity contribution is 7.05. The van der Waals surface area contributed by atoms with E-state index in [0.29, 0.717) is 12.1 Å². The number of rotatable bonds is 6. The van der Waals surface area contributed by atoms with Crippen LogP contribution in [0.3, 0.4) is 0 Å². The number of amides is 1. The van der Waals surface area contributed by atoms with Gasteiger partial charge in [-0.3, -0.25) is 9.78 Å². The predicted molar refractivity (Wildman–Crippen MR) is 82.7 cm³/mol. The number of ether oxygens (including phenoxy) is 1. The summed E-state index contributed by atoms with van der Waals surface area (Å²) >= 11 is 1.25. The van der Waals surface area contributed by atoms with Gasteiger partial charge in [0.05, 0.1) is 6.61 Å². The summed E-state index contributed by atoms with van der Waals surface area (Å²) in [5.74, 6) is -0.837. The number of esters is 1. The van der Waals surface area contributed by atoms with Gasteiger partial charge in [0.2, 0.25) is 0 Å². The average Bonchev–Trinajstić information content (AvgIpc) is 2.94. The second-order valence-electron chi connectivity index (χ2n) is 4.66. The number of nitrogens with zero attached hydrogens (tertiary/aromatic N) is 2. The first-order valence-electron chi connectivity index (χ1n) is 6.90. The van der Waals surface area contributed by atoms with Crippen molar-refractivity contribution >= 4 is 23.4 Å². The van der Waals surface area contributed by atoms with Gasteiger partial charge in [0.1, 0.15) is 11.7 Å². The third kappa shape index (κ3) is 4.36. The zero-order valence-electron chi connectivity index (χ0n) is 12.4. The molecule has 6 nitrogen and oxygen atoms in total. The van der Waals surface area contributed by atoms with Crippen LogP contribution in [0.4, 0.5) is 0 Å². The monoisotopic (exact) mass is 319 g/mol. The topological polar surface area (TPSA) is 81.2 Å². The van der Waals surface area contributed by atoms with Crippen LogP contribution in [0.2, 0.25) is 0 Å². The third-order valence-electron chi connectivity index (χ3n) is 2.93. The highest BCUT2D eigenvalue weighted by Crippen LogP contribution is 2.09. The Morgan fingerprint density at radius 1 is 1.36 bits per heavy atom. The molecule has 1 atom stereocenters. The molecule has 2 aromatic heterocycles. The summed E-state index contributed by atoms with van der Waals surface area (Å²) in [5, 5.41) is 2.69. The smallest absolute Gasteiger partial charge is 0.328 e. The van der Waals surface area contributed by atoms with Gasteiger partial charge >= 0.3 is 5.97 Å². The number of carbonyl (C=O) groups excluding carboxylic acids is 2. The molecule has 1 amide bonds. The van der Waals surface area contributed by atoms with Crippen molar-refractivity contribution in [1.82, 2.24) is 14.7 Å². The Morgan fingerprint density at radius 2 is 2.09 bits per heavy atom. The van der Waals surface area contributed by atoms with E-state index in [0.717, 1.165) is 10.4 Å². The number of nitrogens with one attached hydrogen (secondary N) is 1. The fourth-order valence-electron chi connectivity index (χ4n) is 1.90. The Bertz CT molecular complexity index is 642. The Morgan fingerprint density at radius 3 is 2.68 bits per heavy atom. The van der Waals surface area contributed by atoms with E-state index >= 15 is 0 Å². The molecule has 0 bridgehead atoms. The molecule has 0 spiro atoms. The maximum absolute atomic E-state index is 12.2. The second kappa shape index (κ2) is 7.65. The molecular weight excluding hydrogens is 302 g/mol. The Labute approximate surface area is 132 Å². The van der Waals surface area contributed by atoms with E-state index in [1.54, 1.807) is 37.5 Å². The molecular formula is C15H17N3O3S. The van der Waals surface area contributed by atoms with Gasteiger partial charge in [-0.2, -0.15) is 4.37 Å². The normalized spacial score (nSPS) is 11.7. The molecule has 1 N–H and O–H groups in total. The number of aromatic nitrogens is 2. The molecule has 0 fully saturated rings. The maximum Gasteiger partial charge on any atom is 0.328 e. The van der Waals surface area contributed by atoms with Crippen LogP contribution < -0.4 is 5.32 Å². The number of hydrogen-bond donors (Lipinski definition) is 1. The van der Waals surface area contributed by atoms with Crippen LogP contribution in [0.25, 0.3) is 0 Å². The van der Waals surface area contributed by atoms with Crippen LogP contribution >= 0.6 is 11.5 Å². The summed E-state index contributed by atoms with van der Waals surface area (Å²) in [6.45, 7) is 3.86. The first kappa shape index (κ1) is 16.1. The molecule has 0 saturated heterocycles. The highest BCUT2D eigenvalue weighted by Gasteiger charge is 2.24. The van der Waals surface area contributed by atoms with Gasteiger partial charge in [-0.25, -0.2) is 4.79 Å². The van der Waals surface area contributed by atoms with Gasteiger partial charge in [0, 0.05) is 23.7 Å². The number of pyridine rings is 1. The number of hydrogen-bond acceptors (Lipinski definition) is 6. The quantitative estimate of drug-likeness (QED) is 0.820. The first-order valence-corrected chi connectivity index (χ1v) is 7.67. The number of aryl methyl sites for hydroxylation is 1. The Balaban J connectivity index is 2.10. The molecule has 2 heterocycles. The summed E-state index contributed by atoms with van der Waals surface area (Å²) in [4.78, 5) is 29.1. The highest BCUT2D eigenvalue weighted by atomic mass is 32.1. The molecule has 0 aliphatic carbocycles. The Kier molecular flexibility index (Phi) is 5.60. The molecule has 0 saturated carbocycles. The van der Waals surface area contributed by atoms with Gasteiger partial charge in [-0.15, -0.1) is 0 Å². The van der Waals surface area contributed by atoms with E-state index < -0.39 is 12.0 Å². The predicted octanol–water partition coefficient (Wildman–Crippen LogP) is 1.75. The van der Waals surface area contributed by atoms with Gasteiger partial charge < -0.3 is 10.1 Å². The first-order chi connectivity index (χ1) is 10.6. The van der Waals surface area contributed by atoms with Crippen molar-refractivity contribution in [1.29, 1.82) is 0 Å². The van der Waals surface area contributed by atoms with Crippen molar-refractivity contribution in [2.24, 2.45) is 0 Å². The molecule has 116 valence electrons. The van der Waals surface area contributed by atoms with Crippen molar-refractivity contribution in [2.75, 3.05) is 6.61 Å². The summed E-state index contributed by atoms with van der Waals surface area (Å²) in [6, 6.07) is 4.53. The van der Waals surface area contributed by atoms with Crippen LogP contribution in [0.1, 0.15) is 27.9 Å². The minimum atomic E-state index is -0.753. The van der Waals surface area contributed by atoms with Gasteiger partial charge in [0.15, 0.2) is 0 Å². The molecule has 22 heavy (non-hydrogen) atoms. The summed E-state index contributed by atoms with van der Waals surface area (Å²) < 4.78 is 9.08. The van der Waals surface area contributed by atoms with E-state index in [4.69, 9.17) is 4.74 Å². The molecule has 7 heteroatoms. The van der Waals surface area contributed by atoms with Crippen LogP contribution in [-0.2, 0) is 16.0 Å². The van der Waals surface area contributed by atoms with Crippen LogP contribution in [0.15, 0.2) is 30.6 Å². The fraction of sp³-hybridized carbons (Fsp3) is 0.333. The molecule has 0 aliphatic heterocycles. The van der Waals surface area contributed by atoms with E-state index in [2.05, 4.69) is 14.7 Å². The van der Waals surface area contributed by atoms with E-state index in [1.807, 2.05) is 6.92 Å². The molecule has 2 rings (SSSR count). The SMILES string of the molecule is CCOC(=O)C(Cc1ccncc1)NC(=O)c1cc(C)sn1. The largest absolute Gasteiger partial charge is 0.464 e. The lowest BCUT2D eigenvalue weighted by molar-refractivity contribution is -0.145. The average molecular weight is 319 g/mol. The van der Waals surface area contributed by atoms with Crippen molar-refractivity contribution in [3.8, 4) is 0 Å². The lowest BCUT2D eigenvalue weighted by Gasteiger charge is -2.16. The van der Waals surface area contributed by atoms with Crippen molar-refractivity contribution in [3.05, 3.63) is 46.7 Å². The van der Waals surface area contributed by atoms with Crippen molar-refractivity contribution in [2.45, 2.75) is 26.3 Å². The minimum Gasteiger partial charge on any atom is -0.464 e. The fourth-order valence-corrected chi connectivity index (χ4v) is 2.44. The second-order valence-corrected chi connectivity index (χ2v) is 5.67. The third-order valence-corrected chi connectivity index (χ3v) is 3.62.